The normalized spacial score (nSPS) is 13.6. The Morgan fingerprint density at radius 2 is 2.19 bits per heavy atom. The third kappa shape index (κ3) is 3.69. The Kier molecular flexibility index (Phi) is 4.12. The lowest BCUT2D eigenvalue weighted by Crippen LogP contribution is -2.11. The highest BCUT2D eigenvalue weighted by Gasteiger charge is 2.29. The van der Waals surface area contributed by atoms with Crippen LogP contribution in [0.1, 0.15) is 24.6 Å². The van der Waals surface area contributed by atoms with Crippen LogP contribution in [0.2, 0.25) is 0 Å². The molecule has 0 aliphatic heterocycles. The quantitative estimate of drug-likeness (QED) is 0.871. The molecule has 0 fully saturated rings. The van der Waals surface area contributed by atoms with E-state index in [4.69, 9.17) is 4.74 Å². The van der Waals surface area contributed by atoms with Gasteiger partial charge in [-0.25, -0.2) is 0 Å². The zero-order valence-electron chi connectivity index (χ0n) is 8.66. The van der Waals surface area contributed by atoms with Crippen molar-refractivity contribution in [2.24, 2.45) is 0 Å². The lowest BCUT2D eigenvalue weighted by Gasteiger charge is -2.14. The average molecular weight is 235 g/mol. The van der Waals surface area contributed by atoms with Crippen LogP contribution < -0.4 is 4.74 Å². The third-order valence-electron chi connectivity index (χ3n) is 2.04. The average Bonchev–Trinajstić information content (AvgIpc) is 2.25. The Labute approximate surface area is 90.9 Å². The van der Waals surface area contributed by atoms with E-state index in [1.54, 1.807) is 12.1 Å². The summed E-state index contributed by atoms with van der Waals surface area (Å²) in [7, 11) is 1.37. The van der Waals surface area contributed by atoms with E-state index < -0.39 is 25.1 Å². The predicted molar refractivity (Wildman–Crippen MR) is 51.0 cm³/mol. The Balaban J connectivity index is 2.69. The minimum absolute atomic E-state index is 0.134. The molecular weight excluding hydrogens is 223 g/mol. The molecule has 1 N–H and O–H groups in total. The van der Waals surface area contributed by atoms with Crippen LogP contribution >= 0.6 is 0 Å². The lowest BCUT2D eigenvalue weighted by atomic mass is 10.1. The summed E-state index contributed by atoms with van der Waals surface area (Å²) < 4.78 is 40.7. The first-order valence-electron chi connectivity index (χ1n) is 4.68. The molecular formula is C10H12F3NO2. The number of nitrogens with zero attached hydrogens (tertiary/aromatic N) is 1. The van der Waals surface area contributed by atoms with Gasteiger partial charge in [0.25, 0.3) is 0 Å². The summed E-state index contributed by atoms with van der Waals surface area (Å²) in [5, 5.41) is 9.55. The molecule has 1 atom stereocenters. The van der Waals surface area contributed by atoms with Crippen molar-refractivity contribution in [3.63, 3.8) is 0 Å². The number of halogens is 3. The molecule has 1 aromatic rings. The fraction of sp³-hybridized carbons (Fsp3) is 0.500. The highest BCUT2D eigenvalue weighted by molar-refractivity contribution is 5.28. The van der Waals surface area contributed by atoms with Crippen LogP contribution in [0, 0.1) is 0 Å². The number of hydrogen-bond acceptors (Lipinski definition) is 3. The van der Waals surface area contributed by atoms with Gasteiger partial charge < -0.3 is 9.84 Å². The molecule has 1 aromatic heterocycles. The number of aromatic nitrogens is 1. The third-order valence-corrected chi connectivity index (χ3v) is 2.04. The first kappa shape index (κ1) is 12.8. The molecule has 90 valence electrons. The smallest absolute Gasteiger partial charge is 0.389 e. The van der Waals surface area contributed by atoms with Crippen LogP contribution in [-0.2, 0) is 0 Å². The minimum atomic E-state index is -4.27. The summed E-state index contributed by atoms with van der Waals surface area (Å²) in [6.45, 7) is 0. The first-order chi connectivity index (χ1) is 7.44. The summed E-state index contributed by atoms with van der Waals surface area (Å²) in [4.78, 5) is 3.81. The van der Waals surface area contributed by atoms with Crippen LogP contribution in [0.15, 0.2) is 18.3 Å². The molecule has 0 amide bonds. The van der Waals surface area contributed by atoms with Gasteiger partial charge in [0.1, 0.15) is 17.5 Å². The standard InChI is InChI=1S/C10H12F3NO2/c1-16-8-3-2-6-14-9(8)7(15)4-5-10(11,12)13/h2-3,6-7,15H,4-5H2,1H3. The number of rotatable bonds is 4. The van der Waals surface area contributed by atoms with Crippen molar-refractivity contribution < 1.29 is 23.0 Å². The minimum Gasteiger partial charge on any atom is -0.495 e. The van der Waals surface area contributed by atoms with Gasteiger partial charge in [0, 0.05) is 12.6 Å². The Hall–Kier alpha value is -1.30. The van der Waals surface area contributed by atoms with E-state index in [0.29, 0.717) is 0 Å². The van der Waals surface area contributed by atoms with E-state index in [1.807, 2.05) is 0 Å². The molecule has 1 rings (SSSR count). The van der Waals surface area contributed by atoms with Gasteiger partial charge in [-0.1, -0.05) is 0 Å². The van der Waals surface area contributed by atoms with Crippen molar-refractivity contribution in [2.45, 2.75) is 25.1 Å². The van der Waals surface area contributed by atoms with Crippen molar-refractivity contribution in [3.8, 4) is 5.75 Å². The molecule has 0 aromatic carbocycles. The maximum absolute atomic E-state index is 12.0. The Morgan fingerprint density at radius 3 is 2.75 bits per heavy atom. The van der Waals surface area contributed by atoms with Crippen LogP contribution in [0.25, 0.3) is 0 Å². The maximum Gasteiger partial charge on any atom is 0.389 e. The topological polar surface area (TPSA) is 42.4 Å². The van der Waals surface area contributed by atoms with Gasteiger partial charge in [0.2, 0.25) is 0 Å². The molecule has 6 heteroatoms. The summed E-state index contributed by atoms with van der Waals surface area (Å²) in [6, 6.07) is 3.12. The molecule has 0 bridgehead atoms. The number of hydrogen-bond donors (Lipinski definition) is 1. The van der Waals surface area contributed by atoms with Gasteiger partial charge in [-0.05, 0) is 18.6 Å². The van der Waals surface area contributed by atoms with Gasteiger partial charge in [-0.15, -0.1) is 0 Å². The van der Waals surface area contributed by atoms with Crippen molar-refractivity contribution in [1.29, 1.82) is 0 Å². The van der Waals surface area contributed by atoms with E-state index in [1.165, 1.54) is 13.3 Å². The zero-order chi connectivity index (χ0) is 12.2. The van der Waals surface area contributed by atoms with Gasteiger partial charge in [0.05, 0.1) is 7.11 Å². The highest BCUT2D eigenvalue weighted by atomic mass is 19.4. The number of methoxy groups -OCH3 is 1. The van der Waals surface area contributed by atoms with Crippen LogP contribution in [0.4, 0.5) is 13.2 Å². The molecule has 0 aliphatic carbocycles. The second-order valence-corrected chi connectivity index (χ2v) is 3.26. The molecule has 1 heterocycles. The van der Waals surface area contributed by atoms with Crippen molar-refractivity contribution in [2.75, 3.05) is 7.11 Å². The van der Waals surface area contributed by atoms with Gasteiger partial charge in [0.15, 0.2) is 0 Å². The molecule has 0 saturated heterocycles. The number of aliphatic hydroxyl groups excluding tert-OH is 1. The molecule has 0 saturated carbocycles. The number of alkyl halides is 3. The monoisotopic (exact) mass is 235 g/mol. The molecule has 0 spiro atoms. The van der Waals surface area contributed by atoms with E-state index in [0.717, 1.165) is 0 Å². The van der Waals surface area contributed by atoms with E-state index in [9.17, 15) is 18.3 Å². The molecule has 0 aliphatic rings. The largest absolute Gasteiger partial charge is 0.495 e. The number of ether oxygens (including phenoxy) is 1. The van der Waals surface area contributed by atoms with Crippen LogP contribution in [0.5, 0.6) is 5.75 Å². The number of pyridine rings is 1. The fourth-order valence-corrected chi connectivity index (χ4v) is 1.26. The highest BCUT2D eigenvalue weighted by Crippen LogP contribution is 2.30. The predicted octanol–water partition coefficient (Wildman–Crippen LogP) is 2.47. The molecule has 3 nitrogen and oxygen atoms in total. The molecule has 1 unspecified atom stereocenters. The maximum atomic E-state index is 12.0. The van der Waals surface area contributed by atoms with Gasteiger partial charge in [-0.3, -0.25) is 4.98 Å². The van der Waals surface area contributed by atoms with E-state index in [-0.39, 0.29) is 11.4 Å². The summed E-state index contributed by atoms with van der Waals surface area (Å²) in [5.74, 6) is 0.289. The summed E-state index contributed by atoms with van der Waals surface area (Å²) in [6.07, 6.45) is -5.61. The Bertz CT molecular complexity index is 341. The first-order valence-corrected chi connectivity index (χ1v) is 4.68. The fourth-order valence-electron chi connectivity index (χ4n) is 1.26. The molecule has 16 heavy (non-hydrogen) atoms. The van der Waals surface area contributed by atoms with Crippen molar-refractivity contribution in [1.82, 2.24) is 4.98 Å². The van der Waals surface area contributed by atoms with Crippen molar-refractivity contribution >= 4 is 0 Å². The Morgan fingerprint density at radius 1 is 1.50 bits per heavy atom. The van der Waals surface area contributed by atoms with E-state index >= 15 is 0 Å². The van der Waals surface area contributed by atoms with Crippen molar-refractivity contribution in [3.05, 3.63) is 24.0 Å². The molecule has 0 radical (unpaired) electrons. The van der Waals surface area contributed by atoms with Crippen LogP contribution in [-0.4, -0.2) is 23.4 Å². The summed E-state index contributed by atoms with van der Waals surface area (Å²) >= 11 is 0. The second-order valence-electron chi connectivity index (χ2n) is 3.26. The SMILES string of the molecule is COc1cccnc1C(O)CCC(F)(F)F. The van der Waals surface area contributed by atoms with Gasteiger partial charge in [-0.2, -0.15) is 13.2 Å². The summed E-state index contributed by atoms with van der Waals surface area (Å²) in [5.41, 5.74) is 0.134. The lowest BCUT2D eigenvalue weighted by molar-refractivity contribution is -0.140. The van der Waals surface area contributed by atoms with E-state index in [2.05, 4.69) is 4.98 Å². The zero-order valence-corrected chi connectivity index (χ0v) is 8.66. The number of aliphatic hydroxyl groups is 1. The second kappa shape index (κ2) is 5.16. The van der Waals surface area contributed by atoms with Crippen LogP contribution in [0.3, 0.4) is 0 Å². The van der Waals surface area contributed by atoms with Gasteiger partial charge >= 0.3 is 6.18 Å².